The Labute approximate surface area is 340 Å². The minimum absolute atomic E-state index is 0.632. The zero-order valence-corrected chi connectivity index (χ0v) is 32.2. The lowest BCUT2D eigenvalue weighted by atomic mass is 10.0. The predicted octanol–water partition coefficient (Wildman–Crippen LogP) is 14.1. The normalized spacial score (nSPS) is 12.4. The first-order valence-corrected chi connectivity index (χ1v) is 20.8. The van der Waals surface area contributed by atoms with E-state index in [1.54, 1.807) is 0 Å². The van der Waals surface area contributed by atoms with Gasteiger partial charge in [-0.15, -0.1) is 11.3 Å². The maximum Gasteiger partial charge on any atom is 0.164 e. The van der Waals surface area contributed by atoms with Crippen LogP contribution in [0.3, 0.4) is 0 Å². The minimum atomic E-state index is 0.632. The lowest BCUT2D eigenvalue weighted by molar-refractivity contribution is 1.07. The lowest BCUT2D eigenvalue weighted by Crippen LogP contribution is -2.01. The third-order valence-corrected chi connectivity index (χ3v) is 13.5. The molecule has 272 valence electrons. The van der Waals surface area contributed by atoms with Crippen LogP contribution in [0, 0.1) is 0 Å². The van der Waals surface area contributed by atoms with Crippen molar-refractivity contribution in [2.45, 2.75) is 0 Å². The van der Waals surface area contributed by atoms with E-state index >= 15 is 0 Å². The van der Waals surface area contributed by atoms with Crippen LogP contribution in [0.25, 0.3) is 131 Å². The molecule has 0 radical (unpaired) electrons. The smallest absolute Gasteiger partial charge is 0.164 e. The molecule has 9 aromatic carbocycles. The highest BCUT2D eigenvalue weighted by atomic mass is 32.1. The van der Waals surface area contributed by atoms with E-state index in [0.717, 1.165) is 33.2 Å². The monoisotopic (exact) mass is 767 g/mol. The van der Waals surface area contributed by atoms with Crippen LogP contribution in [0.5, 0.6) is 0 Å². The second-order valence-corrected chi connectivity index (χ2v) is 16.7. The van der Waals surface area contributed by atoms with Gasteiger partial charge < -0.3 is 8.97 Å². The molecule has 0 aliphatic heterocycles. The molecule has 0 N–H and O–H groups in total. The standard InChI is InChI=1S/C53H29N5S/c1-3-11-32-27-35(21-19-30(32)9-1)52-54-51(55-53(56-52)36-22-20-31-10-2-4-12-33(31)28-36)34-13-7-14-37(29-34)57-41-17-8-18-42-46(41)47-43(57)24-26-44-48(47)49-45(59-44)25-23-39-38-15-5-6-16-40(38)58(42)50(39)49/h1-29H. The first-order valence-electron chi connectivity index (χ1n) is 19.9. The van der Waals surface area contributed by atoms with Crippen LogP contribution in [0.15, 0.2) is 176 Å². The fourth-order valence-corrected chi connectivity index (χ4v) is 11.0. The quantitative estimate of drug-likeness (QED) is 0.179. The van der Waals surface area contributed by atoms with Crippen LogP contribution in [0.1, 0.15) is 0 Å². The van der Waals surface area contributed by atoms with Gasteiger partial charge in [-0.25, -0.2) is 15.0 Å². The summed E-state index contributed by atoms with van der Waals surface area (Å²) >= 11 is 1.89. The van der Waals surface area contributed by atoms with Crippen LogP contribution in [-0.4, -0.2) is 23.9 Å². The third-order valence-electron chi connectivity index (χ3n) is 12.4. The summed E-state index contributed by atoms with van der Waals surface area (Å²) in [5.74, 6) is 1.92. The molecule has 0 bridgehead atoms. The summed E-state index contributed by atoms with van der Waals surface area (Å²) in [7, 11) is 0. The Balaban J connectivity index is 1.03. The third kappa shape index (κ3) is 4.30. The Kier molecular flexibility index (Phi) is 6.11. The molecule has 14 aromatic rings. The summed E-state index contributed by atoms with van der Waals surface area (Å²) < 4.78 is 7.59. The SMILES string of the molecule is c1cc(-c2nc(-c3ccc4ccccc4c3)nc(-c3ccc4ccccc4c3)n2)cc(-n2c3ccc4sc5ccc6c7ccccc7n7c8cccc2c8c3c4c5c67)c1. The maximum absolute atomic E-state index is 5.22. The van der Waals surface area contributed by atoms with Crippen LogP contribution in [-0.2, 0) is 0 Å². The topological polar surface area (TPSA) is 48.0 Å². The molecule has 59 heavy (non-hydrogen) atoms. The highest BCUT2D eigenvalue weighted by Gasteiger charge is 2.25. The second kappa shape index (κ2) is 11.5. The lowest BCUT2D eigenvalue weighted by Gasteiger charge is -2.12. The van der Waals surface area contributed by atoms with E-state index in [2.05, 4.69) is 185 Å². The molecule has 0 fully saturated rings. The summed E-state index contributed by atoms with van der Waals surface area (Å²) in [5, 5.41) is 12.5. The van der Waals surface area contributed by atoms with Gasteiger partial charge in [0.25, 0.3) is 0 Å². The summed E-state index contributed by atoms with van der Waals surface area (Å²) in [6, 6.07) is 63.3. The summed E-state index contributed by atoms with van der Waals surface area (Å²) in [6.07, 6.45) is 0. The Morgan fingerprint density at radius 2 is 0.932 bits per heavy atom. The van der Waals surface area contributed by atoms with Crippen LogP contribution >= 0.6 is 11.3 Å². The number of para-hydroxylation sites is 1. The Morgan fingerprint density at radius 3 is 1.68 bits per heavy atom. The van der Waals surface area contributed by atoms with Crippen molar-refractivity contribution in [1.82, 2.24) is 23.9 Å². The van der Waals surface area contributed by atoms with Gasteiger partial charge in [-0.2, -0.15) is 0 Å². The van der Waals surface area contributed by atoms with Crippen LogP contribution in [0.4, 0.5) is 0 Å². The Hall–Kier alpha value is -7.67. The molecule has 0 aliphatic rings. The Morgan fingerprint density at radius 1 is 0.356 bits per heavy atom. The van der Waals surface area contributed by atoms with Gasteiger partial charge in [-0.3, -0.25) is 0 Å². The molecule has 0 spiro atoms. The summed E-state index contributed by atoms with van der Waals surface area (Å²) in [6.45, 7) is 0. The average molecular weight is 768 g/mol. The number of thiophene rings is 1. The second-order valence-electron chi connectivity index (χ2n) is 15.6. The molecule has 5 aromatic heterocycles. The summed E-state index contributed by atoms with van der Waals surface area (Å²) in [4.78, 5) is 15.6. The van der Waals surface area contributed by atoms with E-state index in [4.69, 9.17) is 15.0 Å². The predicted molar refractivity (Wildman–Crippen MR) is 247 cm³/mol. The molecule has 0 saturated heterocycles. The maximum atomic E-state index is 5.22. The number of hydrogen-bond donors (Lipinski definition) is 0. The molecule has 6 heteroatoms. The van der Waals surface area contributed by atoms with Crippen molar-refractivity contribution in [3.05, 3.63) is 176 Å². The van der Waals surface area contributed by atoms with E-state index in [0.29, 0.717) is 17.5 Å². The van der Waals surface area contributed by atoms with Gasteiger partial charge >= 0.3 is 0 Å². The van der Waals surface area contributed by atoms with E-state index in [-0.39, 0.29) is 0 Å². The number of hydrogen-bond acceptors (Lipinski definition) is 4. The van der Waals surface area contributed by atoms with Gasteiger partial charge in [0, 0.05) is 64.1 Å². The fourth-order valence-electron chi connectivity index (χ4n) is 9.85. The molecule has 5 heterocycles. The molecule has 0 saturated carbocycles. The van der Waals surface area contributed by atoms with Crippen molar-refractivity contribution in [3.63, 3.8) is 0 Å². The fraction of sp³-hybridized carbons (Fsp3) is 0. The van der Waals surface area contributed by atoms with Gasteiger partial charge in [0.1, 0.15) is 0 Å². The molecule has 0 aliphatic carbocycles. The number of benzene rings is 9. The molecule has 0 atom stereocenters. The highest BCUT2D eigenvalue weighted by Crippen LogP contribution is 2.50. The van der Waals surface area contributed by atoms with E-state index in [9.17, 15) is 0 Å². The van der Waals surface area contributed by atoms with Crippen LogP contribution in [0.2, 0.25) is 0 Å². The molecule has 0 amide bonds. The first kappa shape index (κ1) is 31.4. The van der Waals surface area contributed by atoms with E-state index in [1.807, 2.05) is 11.3 Å². The summed E-state index contributed by atoms with van der Waals surface area (Å²) in [5.41, 5.74) is 10.00. The number of rotatable bonds is 4. The largest absolute Gasteiger partial charge is 0.309 e. The zero-order chi connectivity index (χ0) is 38.3. The van der Waals surface area contributed by atoms with Crippen molar-refractivity contribution in [1.29, 1.82) is 0 Å². The van der Waals surface area contributed by atoms with Crippen LogP contribution < -0.4 is 0 Å². The number of aromatic nitrogens is 5. The number of fused-ring (bicyclic) bond motifs is 6. The van der Waals surface area contributed by atoms with Gasteiger partial charge in [0.15, 0.2) is 17.5 Å². The van der Waals surface area contributed by atoms with Gasteiger partial charge in [0.2, 0.25) is 0 Å². The average Bonchev–Trinajstić information content (AvgIpc) is 3.93. The molecule has 14 rings (SSSR count). The van der Waals surface area contributed by atoms with E-state index < -0.39 is 0 Å². The van der Waals surface area contributed by atoms with Gasteiger partial charge in [0.05, 0.1) is 27.6 Å². The minimum Gasteiger partial charge on any atom is -0.309 e. The first-order chi connectivity index (χ1) is 29.2. The Bertz CT molecular complexity index is 3940. The van der Waals surface area contributed by atoms with Crippen molar-refractivity contribution >= 4 is 102 Å². The molecular formula is C53H29N5S. The zero-order valence-electron chi connectivity index (χ0n) is 31.4. The van der Waals surface area contributed by atoms with E-state index in [1.165, 1.54) is 80.1 Å². The van der Waals surface area contributed by atoms with Crippen molar-refractivity contribution in [2.75, 3.05) is 0 Å². The van der Waals surface area contributed by atoms with Crippen molar-refractivity contribution < 1.29 is 0 Å². The van der Waals surface area contributed by atoms with Crippen molar-refractivity contribution in [2.24, 2.45) is 0 Å². The highest BCUT2D eigenvalue weighted by molar-refractivity contribution is 7.26. The molecule has 5 nitrogen and oxygen atoms in total. The van der Waals surface area contributed by atoms with Gasteiger partial charge in [-0.05, 0) is 82.2 Å². The molecule has 0 unspecified atom stereocenters. The number of nitrogens with zero attached hydrogens (tertiary/aromatic N) is 5. The molecular weight excluding hydrogens is 739 g/mol. The van der Waals surface area contributed by atoms with Crippen molar-refractivity contribution in [3.8, 4) is 39.9 Å². The van der Waals surface area contributed by atoms with Gasteiger partial charge in [-0.1, -0.05) is 115 Å².